The predicted octanol–water partition coefficient (Wildman–Crippen LogP) is 7.01. The maximum absolute atomic E-state index is 14.8. The van der Waals surface area contributed by atoms with Gasteiger partial charge in [-0.05, 0) is 71.4 Å². The molecule has 0 fully saturated rings. The van der Waals surface area contributed by atoms with E-state index in [4.69, 9.17) is 28.4 Å². The molecular formula is C50H67F2N8NaO12S2Si2. The van der Waals surface area contributed by atoms with Gasteiger partial charge in [-0.2, -0.15) is 19.3 Å². The van der Waals surface area contributed by atoms with Crippen LogP contribution in [0.2, 0.25) is 51.4 Å². The van der Waals surface area contributed by atoms with Crippen LogP contribution in [0, 0.1) is 11.6 Å². The molecule has 1 atom stereocenters. The average Bonchev–Trinajstić information content (AvgIpc) is 3.97. The summed E-state index contributed by atoms with van der Waals surface area (Å²) < 4.78 is 120. The van der Waals surface area contributed by atoms with Crippen molar-refractivity contribution >= 4 is 43.0 Å². The molecule has 0 bridgehead atoms. The number of benzene rings is 2. The van der Waals surface area contributed by atoms with E-state index in [1.807, 2.05) is 27.7 Å². The zero-order valence-electron chi connectivity index (χ0n) is 46.1. The SMILES string of the molecule is COC(=O)CCS(=O)(=O)c1nc(Oc2c(-c3ccnc(OC)c3)cc(F)cc2C(C)C)n(COCC[Si](C)(C)C)n1.COc1cc(-c2cc(F)cc(C(C)C)c2Oc2nc(S(=O)[O-])nn2COCC[Si](C)(C)C)ccn1.[Na+]. The minimum absolute atomic E-state index is 0. The fraction of sp³-hybridized carbons (Fsp3) is 0.460. The molecule has 4 heterocycles. The van der Waals surface area contributed by atoms with E-state index in [-0.39, 0.29) is 79.0 Å². The molecule has 0 aliphatic carbocycles. The summed E-state index contributed by atoms with van der Waals surface area (Å²) in [6.45, 7) is 21.7. The van der Waals surface area contributed by atoms with Crippen molar-refractivity contribution in [2.24, 2.45) is 0 Å². The maximum Gasteiger partial charge on any atom is 1.00 e. The summed E-state index contributed by atoms with van der Waals surface area (Å²) in [5.41, 5.74) is 3.11. The van der Waals surface area contributed by atoms with Gasteiger partial charge >= 0.3 is 47.5 Å². The van der Waals surface area contributed by atoms with E-state index in [0.717, 1.165) is 12.1 Å². The van der Waals surface area contributed by atoms with Gasteiger partial charge in [0.15, 0.2) is 0 Å². The molecule has 20 nitrogen and oxygen atoms in total. The van der Waals surface area contributed by atoms with Gasteiger partial charge in [0.2, 0.25) is 26.8 Å². The van der Waals surface area contributed by atoms with Gasteiger partial charge in [-0.1, -0.05) is 67.0 Å². The second-order valence-corrected chi connectivity index (χ2v) is 34.4. The summed E-state index contributed by atoms with van der Waals surface area (Å²) in [5.74, 6) is -1.15. The quantitative estimate of drug-likeness (QED) is 0.0242. The first-order valence-electron chi connectivity index (χ1n) is 24.2. The van der Waals surface area contributed by atoms with Crippen LogP contribution in [0.15, 0.2) is 71.2 Å². The van der Waals surface area contributed by atoms with Crippen LogP contribution < -0.4 is 48.5 Å². The van der Waals surface area contributed by atoms with Crippen molar-refractivity contribution in [1.29, 1.82) is 0 Å². The molecular weight excluding hydrogens is 1090 g/mol. The topological polar surface area (TPSA) is 243 Å². The summed E-state index contributed by atoms with van der Waals surface area (Å²) >= 11 is -2.67. The van der Waals surface area contributed by atoms with Gasteiger partial charge in [0, 0.05) is 87.2 Å². The molecule has 0 N–H and O–H groups in total. The van der Waals surface area contributed by atoms with Gasteiger partial charge in [-0.3, -0.25) is 9.00 Å². The average molecular weight is 1150 g/mol. The molecule has 77 heavy (non-hydrogen) atoms. The van der Waals surface area contributed by atoms with Crippen LogP contribution in [0.25, 0.3) is 22.3 Å². The first-order chi connectivity index (χ1) is 35.7. The molecule has 0 aliphatic heterocycles. The van der Waals surface area contributed by atoms with Crippen molar-refractivity contribution in [1.82, 2.24) is 39.5 Å². The van der Waals surface area contributed by atoms with Gasteiger partial charge in [0.25, 0.3) is 5.16 Å². The van der Waals surface area contributed by atoms with Crippen LogP contribution in [0.3, 0.4) is 0 Å². The molecule has 0 aliphatic rings. The van der Waals surface area contributed by atoms with E-state index < -0.39 is 70.7 Å². The van der Waals surface area contributed by atoms with E-state index in [1.165, 1.54) is 61.2 Å². The van der Waals surface area contributed by atoms with Crippen LogP contribution in [-0.2, 0) is 53.4 Å². The molecule has 0 saturated carbocycles. The fourth-order valence-electron chi connectivity index (χ4n) is 6.91. The Morgan fingerprint density at radius 1 is 0.701 bits per heavy atom. The number of methoxy groups -OCH3 is 3. The summed E-state index contributed by atoms with van der Waals surface area (Å²) in [7, 11) is -2.64. The largest absolute Gasteiger partial charge is 1.00 e. The Kier molecular flexibility index (Phi) is 24.1. The Morgan fingerprint density at radius 2 is 1.14 bits per heavy atom. The number of sulfone groups is 1. The molecule has 27 heteroatoms. The maximum atomic E-state index is 14.8. The second kappa shape index (κ2) is 28.7. The molecule has 6 rings (SSSR count). The molecule has 1 unspecified atom stereocenters. The third-order valence-corrected chi connectivity index (χ3v) is 16.5. The molecule has 414 valence electrons. The number of halogens is 2. The smallest absolute Gasteiger partial charge is 0.766 e. The number of hydrogen-bond acceptors (Lipinski definition) is 18. The van der Waals surface area contributed by atoms with Gasteiger partial charge < -0.3 is 37.7 Å². The first-order valence-corrected chi connectivity index (χ1v) is 34.3. The number of hydrogen-bond donors (Lipinski definition) is 0. The summed E-state index contributed by atoms with van der Waals surface area (Å²) in [6, 6.07) is 13.7. The van der Waals surface area contributed by atoms with E-state index in [9.17, 15) is 30.8 Å². The Morgan fingerprint density at radius 3 is 1.55 bits per heavy atom. The Labute approximate surface area is 475 Å². The molecule has 6 aromatic rings. The number of esters is 1. The zero-order chi connectivity index (χ0) is 56.1. The Hall–Kier alpha value is -5.04. The second-order valence-electron chi connectivity index (χ2n) is 20.4. The predicted molar refractivity (Wildman–Crippen MR) is 285 cm³/mol. The molecule has 0 saturated heterocycles. The van der Waals surface area contributed by atoms with Crippen molar-refractivity contribution in [2.75, 3.05) is 40.3 Å². The van der Waals surface area contributed by atoms with Crippen molar-refractivity contribution < 1.29 is 93.5 Å². The molecule has 2 aromatic carbocycles. The number of carbonyl (C=O) groups is 1. The van der Waals surface area contributed by atoms with Crippen molar-refractivity contribution in [3.05, 3.63) is 83.7 Å². The molecule has 0 radical (unpaired) electrons. The Balaban J connectivity index is 0.000000332. The molecule has 4 aromatic heterocycles. The zero-order valence-corrected chi connectivity index (χ0v) is 51.8. The van der Waals surface area contributed by atoms with Crippen molar-refractivity contribution in [3.8, 4) is 57.5 Å². The monoisotopic (exact) mass is 1150 g/mol. The minimum atomic E-state index is -4.08. The van der Waals surface area contributed by atoms with Gasteiger partial charge in [-0.25, -0.2) is 27.2 Å². The van der Waals surface area contributed by atoms with Gasteiger partial charge in [-0.15, -0.1) is 10.2 Å². The van der Waals surface area contributed by atoms with Gasteiger partial charge in [0.05, 0.1) is 33.5 Å². The first kappa shape index (κ1) is 64.5. The number of aromatic nitrogens is 8. The standard InChI is InChI=1S/C27H37FN4O7SSi.C23H31FN4O5SSi.Na/c1-18(2)21-15-20(28)16-22(19-8-10-29-23(14-19)36-3)25(21)39-27-30-26(40(34,35)12-9-24(33)37-4)31-32(27)17-38-11-13-41(5,6)7;1-15(2)18-12-17(24)13-19(16-7-8-25-20(11-16)31-3)21(18)33-23-26-22(34(29)30)27-28(23)14-32-9-10-35(4,5)6;/h8,10,14-16,18H,9,11-13,17H2,1-7H3;7-8,11-13,15H,9-10,14H2,1-6H3,(H,29,30);/q;;+1/p-1. The third kappa shape index (κ3) is 19.1. The fourth-order valence-corrected chi connectivity index (χ4v) is 9.80. The number of rotatable bonds is 25. The summed E-state index contributed by atoms with van der Waals surface area (Å²) in [5, 5.41) is 7.23. The molecule has 0 spiro atoms. The van der Waals surface area contributed by atoms with Crippen molar-refractivity contribution in [3.63, 3.8) is 0 Å². The number of ether oxygens (including phenoxy) is 7. The Bertz CT molecular complexity index is 3080. The third-order valence-electron chi connectivity index (χ3n) is 11.2. The van der Waals surface area contributed by atoms with E-state index >= 15 is 0 Å². The molecule has 0 amide bonds. The normalized spacial score (nSPS) is 12.2. The minimum Gasteiger partial charge on any atom is -0.766 e. The van der Waals surface area contributed by atoms with Gasteiger partial charge in [0.1, 0.15) is 36.6 Å². The van der Waals surface area contributed by atoms with Crippen LogP contribution >= 0.6 is 0 Å². The van der Waals surface area contributed by atoms with E-state index in [0.29, 0.717) is 64.1 Å². The number of pyridine rings is 2. The summed E-state index contributed by atoms with van der Waals surface area (Å²) in [4.78, 5) is 28.0. The number of nitrogens with zero attached hydrogens (tertiary/aromatic N) is 8. The van der Waals surface area contributed by atoms with Crippen molar-refractivity contribution in [2.45, 2.75) is 121 Å². The van der Waals surface area contributed by atoms with E-state index in [2.05, 4.69) is 74.2 Å². The number of carbonyl (C=O) groups excluding carboxylic acids is 1. The summed E-state index contributed by atoms with van der Waals surface area (Å²) in [6.07, 6.45) is 2.71. The van der Waals surface area contributed by atoms with Crippen LogP contribution in [0.1, 0.15) is 57.1 Å². The van der Waals surface area contributed by atoms with Crippen LogP contribution in [0.4, 0.5) is 8.78 Å². The van der Waals surface area contributed by atoms with E-state index in [1.54, 1.807) is 30.5 Å². The van der Waals surface area contributed by atoms with Crippen LogP contribution in [-0.4, -0.2) is 119 Å². The van der Waals surface area contributed by atoms with Crippen LogP contribution in [0.5, 0.6) is 35.3 Å².